The van der Waals surface area contributed by atoms with Gasteiger partial charge in [-0.25, -0.2) is 9.59 Å². The second-order valence-corrected chi connectivity index (χ2v) is 16.8. The van der Waals surface area contributed by atoms with E-state index in [-0.39, 0.29) is 23.5 Å². The summed E-state index contributed by atoms with van der Waals surface area (Å²) in [5, 5.41) is 0.744. The van der Waals surface area contributed by atoms with E-state index in [0.717, 1.165) is 10.9 Å². The number of rotatable bonds is 5. The van der Waals surface area contributed by atoms with Crippen LogP contribution in [0.3, 0.4) is 0 Å². The maximum atomic E-state index is 13.5. The highest BCUT2D eigenvalue weighted by Gasteiger charge is 2.41. The first-order valence-electron chi connectivity index (χ1n) is 11.7. The lowest BCUT2D eigenvalue weighted by atomic mass is 9.87. The summed E-state index contributed by atoms with van der Waals surface area (Å²) in [6.07, 6.45) is 1.95. The van der Waals surface area contributed by atoms with Crippen LogP contribution in [0.1, 0.15) is 48.0 Å². The number of hydrogen-bond acceptors (Lipinski definition) is 5. The number of nitrogens with zero attached hydrogens (tertiary/aromatic N) is 1. The SMILES string of the molecule is CN(C(=O)[C@H]1C=C([Si](C)(C)C)C(C(=O)OC(C)(C)C)=C(C(=O)OC(C)(C)C)C1)c1ccccc1. The third-order valence-corrected chi connectivity index (χ3v) is 7.24. The highest BCUT2D eigenvalue weighted by Crippen LogP contribution is 2.38. The van der Waals surface area contributed by atoms with Crippen molar-refractivity contribution in [3.05, 3.63) is 52.8 Å². The molecule has 0 bridgehead atoms. The molecule has 0 N–H and O–H groups in total. The summed E-state index contributed by atoms with van der Waals surface area (Å²) in [4.78, 5) is 41.9. The predicted octanol–water partition coefficient (Wildman–Crippen LogP) is 5.45. The molecule has 1 aromatic carbocycles. The smallest absolute Gasteiger partial charge is 0.339 e. The summed E-state index contributed by atoms with van der Waals surface area (Å²) in [5.41, 5.74) is -0.243. The monoisotopic (exact) mass is 485 g/mol. The molecular weight excluding hydrogens is 446 g/mol. The number of carbonyl (C=O) groups is 3. The van der Waals surface area contributed by atoms with Gasteiger partial charge in [-0.1, -0.05) is 43.9 Å². The van der Waals surface area contributed by atoms with Crippen molar-refractivity contribution in [2.75, 3.05) is 11.9 Å². The average Bonchev–Trinajstić information content (AvgIpc) is 2.69. The average molecular weight is 486 g/mol. The zero-order valence-electron chi connectivity index (χ0n) is 22.2. The molecule has 0 aromatic heterocycles. The standard InChI is InChI=1S/C27H39NO5Si/c1-26(2,3)32-24(30)20-16-18(23(29)28(7)19-14-12-11-13-15-19)17-21(34(8,9)10)22(20)25(31)33-27(4,5)6/h11-15,17-18H,16H2,1-10H3/t18-/m1/s1. The van der Waals surface area contributed by atoms with Gasteiger partial charge in [0, 0.05) is 12.7 Å². The molecule has 6 nitrogen and oxygen atoms in total. The Morgan fingerprint density at radius 2 is 1.38 bits per heavy atom. The quantitative estimate of drug-likeness (QED) is 0.409. The van der Waals surface area contributed by atoms with Crippen LogP contribution in [0.25, 0.3) is 0 Å². The molecule has 1 amide bonds. The molecular formula is C27H39NO5Si. The Labute approximate surface area is 205 Å². The van der Waals surface area contributed by atoms with Gasteiger partial charge in [0.25, 0.3) is 0 Å². The van der Waals surface area contributed by atoms with Crippen LogP contribution < -0.4 is 4.90 Å². The van der Waals surface area contributed by atoms with E-state index in [1.807, 2.05) is 36.4 Å². The zero-order chi connectivity index (χ0) is 26.1. The van der Waals surface area contributed by atoms with Crippen LogP contribution in [0.2, 0.25) is 19.6 Å². The normalized spacial score (nSPS) is 17.1. The van der Waals surface area contributed by atoms with E-state index in [9.17, 15) is 14.4 Å². The van der Waals surface area contributed by atoms with Crippen molar-refractivity contribution in [2.24, 2.45) is 5.92 Å². The van der Waals surface area contributed by atoms with Gasteiger partial charge in [-0.05, 0) is 65.3 Å². The first-order chi connectivity index (χ1) is 15.4. The van der Waals surface area contributed by atoms with E-state index in [2.05, 4.69) is 19.6 Å². The zero-order valence-corrected chi connectivity index (χ0v) is 23.2. The molecule has 2 rings (SSSR count). The van der Waals surface area contributed by atoms with Crippen LogP contribution in [-0.2, 0) is 23.9 Å². The topological polar surface area (TPSA) is 72.9 Å². The molecule has 186 valence electrons. The molecule has 1 aromatic rings. The number of benzene rings is 1. The molecule has 7 heteroatoms. The first kappa shape index (κ1) is 27.6. The minimum absolute atomic E-state index is 0.0769. The number of carbonyl (C=O) groups excluding carboxylic acids is 3. The van der Waals surface area contributed by atoms with Crippen molar-refractivity contribution in [1.82, 2.24) is 0 Å². The fourth-order valence-electron chi connectivity index (χ4n) is 3.73. The summed E-state index contributed by atoms with van der Waals surface area (Å²) >= 11 is 0. The Bertz CT molecular complexity index is 1000. The van der Waals surface area contributed by atoms with E-state index in [1.54, 1.807) is 53.5 Å². The highest BCUT2D eigenvalue weighted by molar-refractivity contribution is 6.84. The fraction of sp³-hybridized carbons (Fsp3) is 0.519. The summed E-state index contributed by atoms with van der Waals surface area (Å²) in [5.74, 6) is -1.88. The second-order valence-electron chi connectivity index (χ2n) is 11.7. The molecule has 1 aliphatic rings. The van der Waals surface area contributed by atoms with Crippen LogP contribution in [0.15, 0.2) is 52.8 Å². The molecule has 0 spiro atoms. The molecule has 34 heavy (non-hydrogen) atoms. The summed E-state index contributed by atoms with van der Waals surface area (Å²) in [6.45, 7) is 17.0. The van der Waals surface area contributed by atoms with E-state index in [1.165, 1.54) is 0 Å². The van der Waals surface area contributed by atoms with Gasteiger partial charge in [-0.15, -0.1) is 0 Å². The largest absolute Gasteiger partial charge is 0.457 e. The summed E-state index contributed by atoms with van der Waals surface area (Å²) in [6, 6.07) is 9.36. The molecule has 1 aliphatic carbocycles. The Morgan fingerprint density at radius 1 is 0.882 bits per heavy atom. The highest BCUT2D eigenvalue weighted by atomic mass is 28.3. The van der Waals surface area contributed by atoms with Gasteiger partial charge < -0.3 is 14.4 Å². The number of hydrogen-bond donors (Lipinski definition) is 0. The van der Waals surface area contributed by atoms with Crippen LogP contribution in [0.4, 0.5) is 5.69 Å². The van der Waals surface area contributed by atoms with Gasteiger partial charge in [0.05, 0.1) is 25.1 Å². The van der Waals surface area contributed by atoms with Crippen molar-refractivity contribution in [3.8, 4) is 0 Å². The number of esters is 2. The first-order valence-corrected chi connectivity index (χ1v) is 15.2. The third kappa shape index (κ3) is 7.16. The molecule has 0 saturated carbocycles. The van der Waals surface area contributed by atoms with Gasteiger partial charge in [-0.2, -0.15) is 0 Å². The number of para-hydroxylation sites is 1. The van der Waals surface area contributed by atoms with Crippen LogP contribution in [-0.4, -0.2) is 44.2 Å². The van der Waals surface area contributed by atoms with Crippen molar-refractivity contribution in [3.63, 3.8) is 0 Å². The fourth-order valence-corrected chi connectivity index (χ4v) is 5.43. The van der Waals surface area contributed by atoms with Gasteiger partial charge in [0.2, 0.25) is 5.91 Å². The number of ether oxygens (including phenoxy) is 2. The molecule has 1 atom stereocenters. The number of amides is 1. The van der Waals surface area contributed by atoms with Crippen LogP contribution in [0.5, 0.6) is 0 Å². The van der Waals surface area contributed by atoms with Gasteiger partial charge in [0.1, 0.15) is 11.2 Å². The van der Waals surface area contributed by atoms with Crippen molar-refractivity contribution < 1.29 is 23.9 Å². The van der Waals surface area contributed by atoms with Gasteiger partial charge >= 0.3 is 11.9 Å². The van der Waals surface area contributed by atoms with Gasteiger partial charge in [-0.3, -0.25) is 4.79 Å². The van der Waals surface area contributed by atoms with Crippen LogP contribution >= 0.6 is 0 Å². The lowest BCUT2D eigenvalue weighted by molar-refractivity contribution is -0.153. The maximum Gasteiger partial charge on any atom is 0.339 e. The van der Waals surface area contributed by atoms with Crippen molar-refractivity contribution in [1.29, 1.82) is 0 Å². The molecule has 0 unspecified atom stereocenters. The second kappa shape index (κ2) is 9.90. The van der Waals surface area contributed by atoms with E-state index in [0.29, 0.717) is 0 Å². The predicted molar refractivity (Wildman–Crippen MR) is 138 cm³/mol. The van der Waals surface area contributed by atoms with Crippen molar-refractivity contribution in [2.45, 2.75) is 78.8 Å². The molecule has 0 fully saturated rings. The Kier molecular flexibility index (Phi) is 8.03. The molecule has 0 aliphatic heterocycles. The minimum Gasteiger partial charge on any atom is -0.457 e. The number of anilines is 1. The van der Waals surface area contributed by atoms with E-state index >= 15 is 0 Å². The molecule has 0 heterocycles. The Hall–Kier alpha value is -2.67. The maximum absolute atomic E-state index is 13.5. The Balaban J connectivity index is 2.62. The lowest BCUT2D eigenvalue weighted by Gasteiger charge is -2.34. The third-order valence-electron chi connectivity index (χ3n) is 5.21. The van der Waals surface area contributed by atoms with Crippen molar-refractivity contribution >= 4 is 31.6 Å². The molecule has 0 radical (unpaired) electrons. The van der Waals surface area contributed by atoms with E-state index < -0.39 is 37.1 Å². The lowest BCUT2D eigenvalue weighted by Crippen LogP contribution is -2.40. The summed E-state index contributed by atoms with van der Waals surface area (Å²) in [7, 11) is -0.460. The molecule has 0 saturated heterocycles. The van der Waals surface area contributed by atoms with Crippen LogP contribution in [0, 0.1) is 5.92 Å². The summed E-state index contributed by atoms with van der Waals surface area (Å²) < 4.78 is 11.4. The Morgan fingerprint density at radius 3 is 1.85 bits per heavy atom. The van der Waals surface area contributed by atoms with Gasteiger partial charge in [0.15, 0.2) is 0 Å². The van der Waals surface area contributed by atoms with E-state index in [4.69, 9.17) is 9.47 Å². The minimum atomic E-state index is -2.18.